The molecule has 19 heavy (non-hydrogen) atoms. The number of hydrogen-bond donors (Lipinski definition) is 1. The summed E-state index contributed by atoms with van der Waals surface area (Å²) in [6.45, 7) is 4.25. The maximum Gasteiger partial charge on any atom is 0.163 e. The second-order valence-corrected chi connectivity index (χ2v) is 4.20. The van der Waals surface area contributed by atoms with Crippen LogP contribution in [0.4, 0.5) is 5.82 Å². The molecular formula is C12H19N5O2. The van der Waals surface area contributed by atoms with E-state index in [1.165, 1.54) is 0 Å². The van der Waals surface area contributed by atoms with Crippen LogP contribution >= 0.6 is 0 Å². The largest absolute Gasteiger partial charge is 0.383 e. The molecule has 7 heteroatoms. The van der Waals surface area contributed by atoms with Gasteiger partial charge in [-0.3, -0.25) is 4.68 Å². The maximum atomic E-state index is 5.86. The normalized spacial score (nSPS) is 11.3. The molecule has 0 bridgehead atoms. The molecule has 2 aromatic heterocycles. The maximum absolute atomic E-state index is 5.86. The molecule has 0 amide bonds. The fraction of sp³-hybridized carbons (Fsp3) is 0.583. The Hall–Kier alpha value is -1.73. The van der Waals surface area contributed by atoms with Crippen molar-refractivity contribution >= 4 is 16.9 Å². The zero-order valence-electron chi connectivity index (χ0n) is 11.3. The number of nitrogen functional groups attached to an aromatic ring is 1. The van der Waals surface area contributed by atoms with Crippen LogP contribution in [0.25, 0.3) is 11.0 Å². The number of rotatable bonds is 7. The number of aromatic nitrogens is 4. The van der Waals surface area contributed by atoms with E-state index in [1.54, 1.807) is 10.9 Å². The average molecular weight is 265 g/mol. The summed E-state index contributed by atoms with van der Waals surface area (Å²) in [5, 5.41) is 4.86. The first-order valence-corrected chi connectivity index (χ1v) is 6.32. The van der Waals surface area contributed by atoms with Crippen LogP contribution in [-0.2, 0) is 23.1 Å². The summed E-state index contributed by atoms with van der Waals surface area (Å²) >= 11 is 0. The van der Waals surface area contributed by atoms with Gasteiger partial charge in [-0.1, -0.05) is 6.92 Å². The molecule has 0 aliphatic rings. The smallest absolute Gasteiger partial charge is 0.163 e. The van der Waals surface area contributed by atoms with Crippen LogP contribution in [0.15, 0.2) is 6.20 Å². The lowest BCUT2D eigenvalue weighted by Gasteiger charge is -2.05. The summed E-state index contributed by atoms with van der Waals surface area (Å²) in [6, 6.07) is 0. The summed E-state index contributed by atoms with van der Waals surface area (Å²) in [4.78, 5) is 8.57. The van der Waals surface area contributed by atoms with E-state index < -0.39 is 0 Å². The van der Waals surface area contributed by atoms with Crippen molar-refractivity contribution in [3.05, 3.63) is 12.0 Å². The van der Waals surface area contributed by atoms with Crippen LogP contribution in [0.1, 0.15) is 19.2 Å². The molecular weight excluding hydrogens is 246 g/mol. The second-order valence-electron chi connectivity index (χ2n) is 4.20. The molecule has 0 radical (unpaired) electrons. The topological polar surface area (TPSA) is 88.1 Å². The van der Waals surface area contributed by atoms with Crippen LogP contribution in [-0.4, -0.2) is 39.6 Å². The Bertz CT molecular complexity index is 540. The van der Waals surface area contributed by atoms with Crippen molar-refractivity contribution in [3.8, 4) is 0 Å². The van der Waals surface area contributed by atoms with E-state index in [9.17, 15) is 0 Å². The van der Waals surface area contributed by atoms with Gasteiger partial charge in [0.05, 0.1) is 24.8 Å². The quantitative estimate of drug-likeness (QED) is 0.748. The Morgan fingerprint density at radius 2 is 2.00 bits per heavy atom. The average Bonchev–Trinajstić information content (AvgIpc) is 2.76. The van der Waals surface area contributed by atoms with E-state index in [0.29, 0.717) is 37.1 Å². The monoisotopic (exact) mass is 265 g/mol. The van der Waals surface area contributed by atoms with E-state index in [0.717, 1.165) is 18.4 Å². The minimum absolute atomic E-state index is 0.320. The first-order chi connectivity index (χ1) is 9.22. The van der Waals surface area contributed by atoms with Gasteiger partial charge in [-0.25, -0.2) is 9.97 Å². The van der Waals surface area contributed by atoms with E-state index in [2.05, 4.69) is 22.0 Å². The fourth-order valence-corrected chi connectivity index (χ4v) is 1.68. The van der Waals surface area contributed by atoms with Gasteiger partial charge >= 0.3 is 0 Å². The predicted octanol–water partition coefficient (Wildman–Crippen LogP) is 0.889. The van der Waals surface area contributed by atoms with Gasteiger partial charge in [0, 0.05) is 13.7 Å². The second kappa shape index (κ2) is 6.44. The highest BCUT2D eigenvalue weighted by Crippen LogP contribution is 2.16. The SMILES string of the molecule is CCCOCCOCc1nc(N)c2cnn(C)c2n1. The molecule has 0 saturated carbocycles. The van der Waals surface area contributed by atoms with Crippen molar-refractivity contribution in [2.75, 3.05) is 25.6 Å². The molecule has 7 nitrogen and oxygen atoms in total. The number of fused-ring (bicyclic) bond motifs is 1. The van der Waals surface area contributed by atoms with Crippen molar-refractivity contribution in [2.45, 2.75) is 20.0 Å². The molecule has 0 aliphatic carbocycles. The third kappa shape index (κ3) is 3.39. The molecule has 0 fully saturated rings. The highest BCUT2D eigenvalue weighted by Gasteiger charge is 2.08. The highest BCUT2D eigenvalue weighted by atomic mass is 16.5. The molecule has 0 aromatic carbocycles. The van der Waals surface area contributed by atoms with Crippen LogP contribution in [0.2, 0.25) is 0 Å². The number of anilines is 1. The predicted molar refractivity (Wildman–Crippen MR) is 71.5 cm³/mol. The van der Waals surface area contributed by atoms with Gasteiger partial charge in [-0.15, -0.1) is 0 Å². The Morgan fingerprint density at radius 1 is 1.21 bits per heavy atom. The molecule has 0 spiro atoms. The summed E-state index contributed by atoms with van der Waals surface area (Å²) in [5.74, 6) is 0.989. The van der Waals surface area contributed by atoms with E-state index in [-0.39, 0.29) is 0 Å². The van der Waals surface area contributed by atoms with Gasteiger partial charge in [0.25, 0.3) is 0 Å². The van der Waals surface area contributed by atoms with Crippen molar-refractivity contribution in [3.63, 3.8) is 0 Å². The number of hydrogen-bond acceptors (Lipinski definition) is 6. The van der Waals surface area contributed by atoms with Crippen LogP contribution in [0.5, 0.6) is 0 Å². The van der Waals surface area contributed by atoms with E-state index in [1.807, 2.05) is 7.05 Å². The van der Waals surface area contributed by atoms with Gasteiger partial charge in [0.1, 0.15) is 12.4 Å². The van der Waals surface area contributed by atoms with Crippen molar-refractivity contribution in [2.24, 2.45) is 7.05 Å². The fourth-order valence-electron chi connectivity index (χ4n) is 1.68. The minimum Gasteiger partial charge on any atom is -0.383 e. The molecule has 0 aliphatic heterocycles. The lowest BCUT2D eigenvalue weighted by molar-refractivity contribution is 0.0386. The van der Waals surface area contributed by atoms with Crippen LogP contribution in [0, 0.1) is 0 Å². The number of ether oxygens (including phenoxy) is 2. The summed E-state index contributed by atoms with van der Waals surface area (Å²) < 4.78 is 12.4. The molecule has 2 aromatic rings. The first kappa shape index (κ1) is 13.7. The Morgan fingerprint density at radius 3 is 2.79 bits per heavy atom. The van der Waals surface area contributed by atoms with Crippen LogP contribution < -0.4 is 5.73 Å². The summed E-state index contributed by atoms with van der Waals surface area (Å²) in [7, 11) is 1.82. The molecule has 0 unspecified atom stereocenters. The number of nitrogens with two attached hydrogens (primary N) is 1. The Balaban J connectivity index is 1.92. The lowest BCUT2D eigenvalue weighted by Crippen LogP contribution is -2.08. The van der Waals surface area contributed by atoms with Gasteiger partial charge in [-0.2, -0.15) is 5.10 Å². The Labute approximate surface area is 111 Å². The molecule has 2 heterocycles. The standard InChI is InChI=1S/C12H19N5O2/c1-3-4-18-5-6-19-8-10-15-11(13)9-7-14-17(2)12(9)16-10/h7H,3-6,8H2,1-2H3,(H2,13,15,16). The molecule has 104 valence electrons. The molecule has 0 atom stereocenters. The molecule has 0 saturated heterocycles. The third-order valence-corrected chi connectivity index (χ3v) is 2.62. The zero-order valence-corrected chi connectivity index (χ0v) is 11.3. The van der Waals surface area contributed by atoms with Crippen molar-refractivity contribution in [1.29, 1.82) is 0 Å². The lowest BCUT2D eigenvalue weighted by atomic mass is 10.4. The van der Waals surface area contributed by atoms with Gasteiger partial charge in [0.2, 0.25) is 0 Å². The zero-order chi connectivity index (χ0) is 13.7. The number of nitrogens with zero attached hydrogens (tertiary/aromatic N) is 4. The molecule has 2 N–H and O–H groups in total. The van der Waals surface area contributed by atoms with Crippen molar-refractivity contribution < 1.29 is 9.47 Å². The van der Waals surface area contributed by atoms with Gasteiger partial charge in [-0.05, 0) is 6.42 Å². The minimum atomic E-state index is 0.320. The summed E-state index contributed by atoms with van der Waals surface area (Å²) in [5.41, 5.74) is 6.57. The molecule has 2 rings (SSSR count). The number of aryl methyl sites for hydroxylation is 1. The third-order valence-electron chi connectivity index (χ3n) is 2.62. The van der Waals surface area contributed by atoms with E-state index in [4.69, 9.17) is 15.2 Å². The highest BCUT2D eigenvalue weighted by molar-refractivity contribution is 5.84. The summed E-state index contributed by atoms with van der Waals surface area (Å²) in [6.07, 6.45) is 2.67. The van der Waals surface area contributed by atoms with Gasteiger partial charge < -0.3 is 15.2 Å². The van der Waals surface area contributed by atoms with Gasteiger partial charge in [0.15, 0.2) is 11.5 Å². The van der Waals surface area contributed by atoms with E-state index >= 15 is 0 Å². The Kier molecular flexibility index (Phi) is 4.64. The van der Waals surface area contributed by atoms with Crippen LogP contribution in [0.3, 0.4) is 0 Å². The van der Waals surface area contributed by atoms with Crippen molar-refractivity contribution in [1.82, 2.24) is 19.7 Å². The first-order valence-electron chi connectivity index (χ1n) is 6.32.